The maximum absolute atomic E-state index is 12.3. The molecule has 8 heteroatoms. The molecule has 1 atom stereocenters. The molecule has 1 aromatic heterocycles. The Balaban J connectivity index is 1.55. The van der Waals surface area contributed by atoms with Crippen LogP contribution in [0.2, 0.25) is 0 Å². The number of amides is 2. The van der Waals surface area contributed by atoms with Crippen molar-refractivity contribution in [2.24, 2.45) is 0 Å². The molecule has 3 aromatic rings. The fourth-order valence-corrected chi connectivity index (χ4v) is 2.60. The van der Waals surface area contributed by atoms with Crippen LogP contribution in [0.3, 0.4) is 0 Å². The van der Waals surface area contributed by atoms with E-state index < -0.39 is 11.9 Å². The number of carbonyl (C=O) groups is 2. The summed E-state index contributed by atoms with van der Waals surface area (Å²) in [5, 5.41) is 18.5. The molecular formula is C20H20N4O4. The predicted octanol–water partition coefficient (Wildman–Crippen LogP) is 1.58. The van der Waals surface area contributed by atoms with Crippen molar-refractivity contribution in [2.75, 3.05) is 11.9 Å². The van der Waals surface area contributed by atoms with Gasteiger partial charge >= 0.3 is 11.8 Å². The van der Waals surface area contributed by atoms with Crippen LogP contribution in [0.5, 0.6) is 0 Å². The molecule has 0 saturated carbocycles. The summed E-state index contributed by atoms with van der Waals surface area (Å²) in [6.07, 6.45) is 0.336. The van der Waals surface area contributed by atoms with E-state index in [0.29, 0.717) is 12.1 Å². The number of hydrogen-bond donors (Lipinski definition) is 3. The first-order valence-electron chi connectivity index (χ1n) is 8.77. The number of nitrogens with zero attached hydrogens (tertiary/aromatic N) is 2. The van der Waals surface area contributed by atoms with Gasteiger partial charge in [0.2, 0.25) is 5.91 Å². The second-order valence-electron chi connectivity index (χ2n) is 6.15. The molecular weight excluding hydrogens is 360 g/mol. The minimum Gasteiger partial charge on any atom is -0.394 e. The Bertz CT molecular complexity index is 912. The highest BCUT2D eigenvalue weighted by atomic mass is 16.5. The summed E-state index contributed by atoms with van der Waals surface area (Å²) in [7, 11) is 0. The van der Waals surface area contributed by atoms with Gasteiger partial charge in [-0.3, -0.25) is 9.59 Å². The second kappa shape index (κ2) is 9.43. The number of benzene rings is 2. The Labute approximate surface area is 161 Å². The van der Waals surface area contributed by atoms with E-state index in [1.165, 1.54) is 0 Å². The Morgan fingerprint density at radius 1 is 1.04 bits per heavy atom. The SMILES string of the molecule is O=C(Cc1noc(C(=O)NC(CO)Cc2ccccc2)n1)Nc1ccccc1. The standard InChI is InChI=1S/C20H20N4O4/c25-13-16(11-14-7-3-1-4-8-14)22-19(27)20-23-17(24-28-20)12-18(26)21-15-9-5-2-6-10-15/h1-10,16,25H,11-13H2,(H,21,26)(H,22,27). The van der Waals surface area contributed by atoms with Gasteiger partial charge in [0.1, 0.15) is 0 Å². The number of aliphatic hydroxyl groups excluding tert-OH is 1. The van der Waals surface area contributed by atoms with E-state index in [0.717, 1.165) is 5.56 Å². The quantitative estimate of drug-likeness (QED) is 0.546. The van der Waals surface area contributed by atoms with Gasteiger partial charge in [0.25, 0.3) is 0 Å². The van der Waals surface area contributed by atoms with Crippen LogP contribution in [0.25, 0.3) is 0 Å². The maximum Gasteiger partial charge on any atom is 0.315 e. The van der Waals surface area contributed by atoms with Crippen LogP contribution >= 0.6 is 0 Å². The number of anilines is 1. The van der Waals surface area contributed by atoms with Crippen LogP contribution in [-0.2, 0) is 17.6 Å². The van der Waals surface area contributed by atoms with Crippen LogP contribution < -0.4 is 10.6 Å². The molecule has 3 rings (SSSR count). The molecule has 0 bridgehead atoms. The number of para-hydroxylation sites is 1. The number of carbonyl (C=O) groups excluding carboxylic acids is 2. The molecule has 0 fully saturated rings. The summed E-state index contributed by atoms with van der Waals surface area (Å²) in [5.74, 6) is -1.08. The van der Waals surface area contributed by atoms with Crippen molar-refractivity contribution in [3.8, 4) is 0 Å². The van der Waals surface area contributed by atoms with Crippen LogP contribution in [0.4, 0.5) is 5.69 Å². The van der Waals surface area contributed by atoms with Crippen LogP contribution in [0.15, 0.2) is 65.2 Å². The molecule has 0 saturated heterocycles. The van der Waals surface area contributed by atoms with Crippen molar-refractivity contribution in [2.45, 2.75) is 18.9 Å². The van der Waals surface area contributed by atoms with E-state index in [9.17, 15) is 14.7 Å². The van der Waals surface area contributed by atoms with Gasteiger partial charge in [-0.15, -0.1) is 0 Å². The van der Waals surface area contributed by atoms with Gasteiger partial charge in [0.15, 0.2) is 5.82 Å². The molecule has 144 valence electrons. The number of nitrogens with one attached hydrogen (secondary N) is 2. The smallest absolute Gasteiger partial charge is 0.315 e. The predicted molar refractivity (Wildman–Crippen MR) is 102 cm³/mol. The van der Waals surface area contributed by atoms with Gasteiger partial charge in [0, 0.05) is 5.69 Å². The van der Waals surface area contributed by atoms with E-state index in [1.54, 1.807) is 24.3 Å². The summed E-state index contributed by atoms with van der Waals surface area (Å²) < 4.78 is 4.94. The van der Waals surface area contributed by atoms with Crippen molar-refractivity contribution < 1.29 is 19.2 Å². The Morgan fingerprint density at radius 2 is 1.71 bits per heavy atom. The van der Waals surface area contributed by atoms with Crippen LogP contribution in [0.1, 0.15) is 22.1 Å². The van der Waals surface area contributed by atoms with Crippen LogP contribution in [0, 0.1) is 0 Å². The van der Waals surface area contributed by atoms with Gasteiger partial charge in [-0.25, -0.2) is 0 Å². The fourth-order valence-electron chi connectivity index (χ4n) is 2.60. The molecule has 0 spiro atoms. The fraction of sp³-hybridized carbons (Fsp3) is 0.200. The highest BCUT2D eigenvalue weighted by molar-refractivity contribution is 5.92. The number of aliphatic hydroxyl groups is 1. The summed E-state index contributed by atoms with van der Waals surface area (Å²) in [6, 6.07) is 18.0. The zero-order valence-corrected chi connectivity index (χ0v) is 15.0. The zero-order chi connectivity index (χ0) is 19.8. The Kier molecular flexibility index (Phi) is 6.48. The van der Waals surface area contributed by atoms with Crippen molar-refractivity contribution in [1.82, 2.24) is 15.5 Å². The molecule has 8 nitrogen and oxygen atoms in total. The third-order valence-corrected chi connectivity index (χ3v) is 3.92. The molecule has 0 radical (unpaired) electrons. The monoisotopic (exact) mass is 380 g/mol. The normalized spacial score (nSPS) is 11.6. The molecule has 2 amide bonds. The lowest BCUT2D eigenvalue weighted by Gasteiger charge is -2.14. The van der Waals surface area contributed by atoms with Crippen molar-refractivity contribution >= 4 is 17.5 Å². The first kappa shape index (κ1) is 19.2. The molecule has 1 unspecified atom stereocenters. The largest absolute Gasteiger partial charge is 0.394 e. The van der Waals surface area contributed by atoms with E-state index in [-0.39, 0.29) is 30.7 Å². The topological polar surface area (TPSA) is 117 Å². The molecule has 1 heterocycles. The first-order chi connectivity index (χ1) is 13.6. The molecule has 0 aliphatic heterocycles. The van der Waals surface area contributed by atoms with Gasteiger partial charge in [-0.1, -0.05) is 53.7 Å². The van der Waals surface area contributed by atoms with E-state index >= 15 is 0 Å². The van der Waals surface area contributed by atoms with Crippen molar-refractivity contribution in [3.63, 3.8) is 0 Å². The average molecular weight is 380 g/mol. The maximum atomic E-state index is 12.3. The summed E-state index contributed by atoms with van der Waals surface area (Å²) >= 11 is 0. The average Bonchev–Trinajstić information content (AvgIpc) is 3.17. The second-order valence-corrected chi connectivity index (χ2v) is 6.15. The summed E-state index contributed by atoms with van der Waals surface area (Å²) in [4.78, 5) is 28.3. The Hall–Kier alpha value is -3.52. The van der Waals surface area contributed by atoms with Gasteiger partial charge in [-0.2, -0.15) is 4.98 Å². The molecule has 0 aliphatic rings. The number of rotatable bonds is 8. The third-order valence-electron chi connectivity index (χ3n) is 3.92. The molecule has 0 aliphatic carbocycles. The van der Waals surface area contributed by atoms with Gasteiger partial charge < -0.3 is 20.3 Å². The van der Waals surface area contributed by atoms with Gasteiger partial charge in [0.05, 0.1) is 19.1 Å². The summed E-state index contributed by atoms with van der Waals surface area (Å²) in [5.41, 5.74) is 1.63. The summed E-state index contributed by atoms with van der Waals surface area (Å²) in [6.45, 7) is -0.235. The lowest BCUT2D eigenvalue weighted by Crippen LogP contribution is -2.39. The van der Waals surface area contributed by atoms with Crippen molar-refractivity contribution in [3.05, 3.63) is 77.9 Å². The highest BCUT2D eigenvalue weighted by Gasteiger charge is 2.20. The van der Waals surface area contributed by atoms with Gasteiger partial charge in [-0.05, 0) is 24.1 Å². The minimum absolute atomic E-state index is 0.0992. The van der Waals surface area contributed by atoms with E-state index in [4.69, 9.17) is 4.52 Å². The minimum atomic E-state index is -0.600. The van der Waals surface area contributed by atoms with Crippen molar-refractivity contribution in [1.29, 1.82) is 0 Å². The number of hydrogen-bond acceptors (Lipinski definition) is 6. The lowest BCUT2D eigenvalue weighted by molar-refractivity contribution is -0.115. The number of aromatic nitrogens is 2. The van der Waals surface area contributed by atoms with E-state index in [2.05, 4.69) is 20.8 Å². The molecule has 2 aromatic carbocycles. The molecule has 28 heavy (non-hydrogen) atoms. The Morgan fingerprint density at radius 3 is 2.39 bits per heavy atom. The third kappa shape index (κ3) is 5.49. The van der Waals surface area contributed by atoms with Crippen LogP contribution in [-0.4, -0.2) is 39.7 Å². The zero-order valence-electron chi connectivity index (χ0n) is 15.0. The highest BCUT2D eigenvalue weighted by Crippen LogP contribution is 2.07. The first-order valence-corrected chi connectivity index (χ1v) is 8.77. The molecule has 3 N–H and O–H groups in total. The van der Waals surface area contributed by atoms with E-state index in [1.807, 2.05) is 36.4 Å². The lowest BCUT2D eigenvalue weighted by atomic mass is 10.1.